The molecule has 0 saturated carbocycles. The number of nitrogens with one attached hydrogen (secondary N) is 1. The first kappa shape index (κ1) is 31.0. The fourth-order valence-corrected chi connectivity index (χ4v) is 7.23. The summed E-state index contributed by atoms with van der Waals surface area (Å²) in [4.78, 5) is 23.3. The van der Waals surface area contributed by atoms with Crippen LogP contribution in [0.1, 0.15) is 48.5 Å². The summed E-state index contributed by atoms with van der Waals surface area (Å²) >= 11 is 0. The Morgan fingerprint density at radius 3 is 2.62 bits per heavy atom. The number of anilines is 1. The van der Waals surface area contributed by atoms with Crippen LogP contribution in [0.5, 0.6) is 0 Å². The van der Waals surface area contributed by atoms with Gasteiger partial charge in [0.25, 0.3) is 5.91 Å². The molecule has 2 fully saturated rings. The summed E-state index contributed by atoms with van der Waals surface area (Å²) in [7, 11) is 0. The van der Waals surface area contributed by atoms with Crippen LogP contribution in [0.2, 0.25) is 0 Å². The van der Waals surface area contributed by atoms with Gasteiger partial charge in [-0.15, -0.1) is 5.10 Å². The minimum atomic E-state index is -0.0785. The van der Waals surface area contributed by atoms with E-state index in [1.807, 2.05) is 42.2 Å². The Balaban J connectivity index is 0.990. The van der Waals surface area contributed by atoms with Gasteiger partial charge in [-0.2, -0.15) is 0 Å². The number of tetrazole rings is 1. The van der Waals surface area contributed by atoms with E-state index in [0.29, 0.717) is 31.4 Å². The van der Waals surface area contributed by atoms with E-state index in [9.17, 15) is 4.79 Å². The van der Waals surface area contributed by atoms with Gasteiger partial charge in [-0.05, 0) is 85.5 Å². The van der Waals surface area contributed by atoms with Crippen molar-refractivity contribution in [2.24, 2.45) is 0 Å². The molecule has 1 unspecified atom stereocenters. The van der Waals surface area contributed by atoms with Gasteiger partial charge < -0.3 is 24.4 Å². The molecule has 2 saturated heterocycles. The summed E-state index contributed by atoms with van der Waals surface area (Å²) in [5.41, 5.74) is 4.82. The number of aromatic nitrogens is 6. The summed E-state index contributed by atoms with van der Waals surface area (Å²) in [6, 6.07) is 27.0. The Morgan fingerprint density at radius 1 is 0.979 bits per heavy atom. The summed E-state index contributed by atoms with van der Waals surface area (Å²) < 4.78 is 9.51. The average molecular weight is 634 g/mol. The summed E-state index contributed by atoms with van der Waals surface area (Å²) in [6.45, 7) is 8.71. The fraction of sp³-hybridized carbons (Fsp3) is 0.417. The summed E-state index contributed by atoms with van der Waals surface area (Å²) in [6.07, 6.45) is 5.63. The number of benzene rings is 3. The largest absolute Gasteiger partial charge is 0.380 e. The first-order chi connectivity index (χ1) is 23.1. The van der Waals surface area contributed by atoms with Crippen molar-refractivity contribution in [3.8, 4) is 5.69 Å². The summed E-state index contributed by atoms with van der Waals surface area (Å²) in [5, 5.41) is 15.2. The van der Waals surface area contributed by atoms with Gasteiger partial charge in [0.05, 0.1) is 23.3 Å². The van der Waals surface area contributed by atoms with Gasteiger partial charge in [0.2, 0.25) is 5.95 Å². The van der Waals surface area contributed by atoms with Crippen molar-refractivity contribution in [1.29, 1.82) is 0 Å². The molecule has 2 aliphatic heterocycles. The highest BCUT2D eigenvalue weighted by Crippen LogP contribution is 2.39. The van der Waals surface area contributed by atoms with Crippen molar-refractivity contribution in [1.82, 2.24) is 39.6 Å². The maximum atomic E-state index is 13.8. The van der Waals surface area contributed by atoms with E-state index < -0.39 is 0 Å². The molecule has 3 aromatic carbocycles. The predicted octanol–water partition coefficient (Wildman–Crippen LogP) is 4.80. The second kappa shape index (κ2) is 14.0. The number of likely N-dealkylation sites (tertiary alicyclic amines) is 2. The van der Waals surface area contributed by atoms with E-state index in [1.165, 1.54) is 5.56 Å². The zero-order chi connectivity index (χ0) is 32.1. The molecule has 244 valence electrons. The van der Waals surface area contributed by atoms with Crippen LogP contribution in [0.3, 0.4) is 0 Å². The third kappa shape index (κ3) is 6.77. The number of hydrogen-bond acceptors (Lipinski definition) is 8. The number of para-hydroxylation sites is 2. The number of ether oxygens (including phenoxy) is 1. The highest BCUT2D eigenvalue weighted by atomic mass is 16.5. The maximum Gasteiger partial charge on any atom is 0.253 e. The molecular formula is C36H43N9O2. The highest BCUT2D eigenvalue weighted by molar-refractivity contribution is 5.95. The molecule has 11 nitrogen and oxygen atoms in total. The summed E-state index contributed by atoms with van der Waals surface area (Å²) in [5.74, 6) is 0.989. The maximum absolute atomic E-state index is 13.8. The van der Waals surface area contributed by atoms with E-state index in [1.54, 1.807) is 11.0 Å². The van der Waals surface area contributed by atoms with Crippen LogP contribution in [0, 0.1) is 0 Å². The van der Waals surface area contributed by atoms with Gasteiger partial charge >= 0.3 is 0 Å². The fourth-order valence-electron chi connectivity index (χ4n) is 7.23. The SMILES string of the molecule is CCOCCn1c(NC2CCN(CCC3(c4ccccc4)CCN(C(=O)c4cccc(-n5cnnn5)c4)C3)CC2)nc2ccccc21. The number of rotatable bonds is 12. The Hall–Kier alpha value is -4.61. The molecule has 1 N–H and O–H groups in total. The first-order valence-corrected chi connectivity index (χ1v) is 16.8. The van der Waals surface area contributed by atoms with Crippen LogP contribution in [0.15, 0.2) is 85.2 Å². The lowest BCUT2D eigenvalue weighted by atomic mass is 9.76. The van der Waals surface area contributed by atoms with Crippen molar-refractivity contribution in [2.75, 3.05) is 51.3 Å². The van der Waals surface area contributed by atoms with Crippen LogP contribution in [0.25, 0.3) is 16.7 Å². The van der Waals surface area contributed by atoms with Crippen molar-refractivity contribution in [2.45, 2.75) is 50.6 Å². The van der Waals surface area contributed by atoms with Gasteiger partial charge in [0.1, 0.15) is 6.33 Å². The Kier molecular flexibility index (Phi) is 9.25. The Morgan fingerprint density at radius 2 is 1.81 bits per heavy atom. The van der Waals surface area contributed by atoms with Gasteiger partial charge in [-0.3, -0.25) is 4.79 Å². The number of hydrogen-bond donors (Lipinski definition) is 1. The molecule has 5 aromatic rings. The zero-order valence-electron chi connectivity index (χ0n) is 27.0. The third-order valence-electron chi connectivity index (χ3n) is 9.88. The number of imidazole rings is 1. The van der Waals surface area contributed by atoms with Gasteiger partial charge in [0, 0.05) is 56.4 Å². The molecule has 4 heterocycles. The molecule has 0 aliphatic carbocycles. The smallest absolute Gasteiger partial charge is 0.253 e. The van der Waals surface area contributed by atoms with Crippen LogP contribution >= 0.6 is 0 Å². The Bertz CT molecular complexity index is 1770. The van der Waals surface area contributed by atoms with Gasteiger partial charge in [-0.1, -0.05) is 48.5 Å². The number of nitrogens with zero attached hydrogens (tertiary/aromatic N) is 8. The number of amides is 1. The zero-order valence-corrected chi connectivity index (χ0v) is 27.0. The number of carbonyl (C=O) groups is 1. The van der Waals surface area contributed by atoms with Crippen LogP contribution in [0.4, 0.5) is 5.95 Å². The molecule has 0 radical (unpaired) electrons. The van der Waals surface area contributed by atoms with Crippen molar-refractivity contribution in [3.05, 3.63) is 96.3 Å². The molecule has 1 atom stereocenters. The second-order valence-electron chi connectivity index (χ2n) is 12.7. The van der Waals surface area contributed by atoms with Crippen LogP contribution in [-0.4, -0.2) is 97.4 Å². The Labute approximate surface area is 275 Å². The molecule has 1 amide bonds. The van der Waals surface area contributed by atoms with E-state index in [4.69, 9.17) is 9.72 Å². The minimum absolute atomic E-state index is 0.0527. The molecule has 0 spiro atoms. The van der Waals surface area contributed by atoms with Crippen LogP contribution in [-0.2, 0) is 16.7 Å². The normalized spacial score (nSPS) is 19.0. The van der Waals surface area contributed by atoms with Crippen LogP contribution < -0.4 is 5.32 Å². The molecule has 2 aromatic heterocycles. The lowest BCUT2D eigenvalue weighted by Crippen LogP contribution is -2.42. The lowest BCUT2D eigenvalue weighted by molar-refractivity contribution is 0.0780. The van der Waals surface area contributed by atoms with Crippen molar-refractivity contribution < 1.29 is 9.53 Å². The number of piperidine rings is 1. The number of carbonyl (C=O) groups excluding carboxylic acids is 1. The molecular weight excluding hydrogens is 590 g/mol. The predicted molar refractivity (Wildman–Crippen MR) is 182 cm³/mol. The number of fused-ring (bicyclic) bond motifs is 1. The molecule has 0 bridgehead atoms. The minimum Gasteiger partial charge on any atom is -0.380 e. The molecule has 11 heteroatoms. The van der Waals surface area contributed by atoms with Gasteiger partial charge in [-0.25, -0.2) is 9.67 Å². The van der Waals surface area contributed by atoms with E-state index in [-0.39, 0.29) is 11.3 Å². The first-order valence-electron chi connectivity index (χ1n) is 16.8. The standard InChI is InChI=1S/C36H43N9O2/c1-2-47-24-23-44-33-14-7-6-13-32(33)39-35(44)38-30-15-19-42(20-16-30)21-17-36(29-10-4-3-5-11-29)18-22-43(26-36)34(46)28-9-8-12-31(25-28)45-27-37-40-41-45/h3-14,25,27,30H,2,15-24,26H2,1H3,(H,38,39). The monoisotopic (exact) mass is 633 g/mol. The quantitative estimate of drug-likeness (QED) is 0.196. The van der Waals surface area contributed by atoms with Crippen molar-refractivity contribution in [3.63, 3.8) is 0 Å². The average Bonchev–Trinajstić information content (AvgIpc) is 3.89. The highest BCUT2D eigenvalue weighted by Gasteiger charge is 2.41. The topological polar surface area (TPSA) is 106 Å². The lowest BCUT2D eigenvalue weighted by Gasteiger charge is -2.36. The van der Waals surface area contributed by atoms with E-state index in [0.717, 1.165) is 81.1 Å². The van der Waals surface area contributed by atoms with Crippen molar-refractivity contribution >= 4 is 22.9 Å². The van der Waals surface area contributed by atoms with Gasteiger partial charge in [0.15, 0.2) is 0 Å². The molecule has 47 heavy (non-hydrogen) atoms. The van der Waals surface area contributed by atoms with E-state index in [2.05, 4.69) is 78.8 Å². The molecule has 2 aliphatic rings. The van der Waals surface area contributed by atoms with E-state index >= 15 is 0 Å². The third-order valence-corrected chi connectivity index (χ3v) is 9.88. The second-order valence-corrected chi connectivity index (χ2v) is 12.7. The molecule has 7 rings (SSSR count).